The van der Waals surface area contributed by atoms with Gasteiger partial charge >= 0.3 is 6.03 Å². The van der Waals surface area contributed by atoms with E-state index in [2.05, 4.69) is 11.6 Å². The van der Waals surface area contributed by atoms with Crippen LogP contribution in [0.1, 0.15) is 25.5 Å². The molecule has 4 amide bonds. The van der Waals surface area contributed by atoms with Crippen LogP contribution in [0.2, 0.25) is 0 Å². The molecule has 168 valence electrons. The summed E-state index contributed by atoms with van der Waals surface area (Å²) in [6, 6.07) is 8.44. The van der Waals surface area contributed by atoms with Crippen LogP contribution in [0.15, 0.2) is 52.8 Å². The van der Waals surface area contributed by atoms with Gasteiger partial charge in [-0.1, -0.05) is 37.6 Å². The molecule has 2 heterocycles. The Morgan fingerprint density at radius 1 is 1.06 bits per heavy atom. The van der Waals surface area contributed by atoms with Gasteiger partial charge in [-0.2, -0.15) is 0 Å². The van der Waals surface area contributed by atoms with Crippen LogP contribution in [0.5, 0.6) is 0 Å². The maximum Gasteiger partial charge on any atom is 0.333 e. The number of hydrogen-bond acceptors (Lipinski definition) is 5. The fraction of sp³-hybridized carbons (Fsp3) is 0.348. The number of carbonyl (C=O) groups is 3. The molecule has 1 unspecified atom stereocenters. The molecule has 3 rings (SSSR count). The van der Waals surface area contributed by atoms with E-state index in [-0.39, 0.29) is 24.3 Å². The number of amides is 4. The van der Waals surface area contributed by atoms with E-state index >= 15 is 0 Å². The number of barbiturate groups is 1. The normalized spacial score (nSPS) is 17.0. The number of nitrogens with zero attached hydrogens (tertiary/aromatic N) is 5. The van der Waals surface area contributed by atoms with Gasteiger partial charge in [0.05, 0.1) is 11.4 Å². The first-order valence-corrected chi connectivity index (χ1v) is 10.5. The van der Waals surface area contributed by atoms with E-state index < -0.39 is 23.8 Å². The molecular weight excluding hydrogens is 410 g/mol. The molecule has 0 saturated carbocycles. The third-order valence-electron chi connectivity index (χ3n) is 5.45. The first-order valence-electron chi connectivity index (χ1n) is 10.5. The Labute approximate surface area is 186 Å². The molecule has 0 aliphatic carbocycles. The van der Waals surface area contributed by atoms with Gasteiger partial charge in [0, 0.05) is 26.4 Å². The highest BCUT2D eigenvalue weighted by Gasteiger charge is 2.44. The van der Waals surface area contributed by atoms with E-state index in [9.17, 15) is 19.2 Å². The topological polar surface area (TPSA) is 97.0 Å². The molecule has 1 fully saturated rings. The molecule has 9 heteroatoms. The van der Waals surface area contributed by atoms with Gasteiger partial charge in [-0.25, -0.2) is 9.48 Å². The second-order valence-corrected chi connectivity index (χ2v) is 7.53. The van der Waals surface area contributed by atoms with Crippen molar-refractivity contribution < 1.29 is 14.4 Å². The van der Waals surface area contributed by atoms with E-state index in [0.717, 1.165) is 16.2 Å². The highest BCUT2D eigenvalue weighted by molar-refractivity contribution is 6.23. The number of imide groups is 2. The molecule has 1 aliphatic heterocycles. The quantitative estimate of drug-likeness (QED) is 0.360. The smallest absolute Gasteiger partial charge is 0.283 e. The number of aliphatic imine (C=N–C) groups is 1. The Kier molecular flexibility index (Phi) is 6.87. The zero-order chi connectivity index (χ0) is 23.4. The Bertz CT molecular complexity index is 1130. The lowest BCUT2D eigenvalue weighted by Gasteiger charge is -2.35. The van der Waals surface area contributed by atoms with E-state index in [4.69, 9.17) is 0 Å². The molecule has 0 spiro atoms. The fourth-order valence-corrected chi connectivity index (χ4v) is 3.57. The summed E-state index contributed by atoms with van der Waals surface area (Å²) < 4.78 is 3.13. The van der Waals surface area contributed by atoms with Crippen LogP contribution >= 0.6 is 0 Å². The molecule has 1 aliphatic rings. The molecule has 1 atom stereocenters. The maximum atomic E-state index is 13.0. The Morgan fingerprint density at radius 2 is 1.72 bits per heavy atom. The van der Waals surface area contributed by atoms with Gasteiger partial charge < -0.3 is 0 Å². The number of unbranched alkanes of at least 4 members (excludes halogenated alkanes) is 1. The number of benzene rings is 1. The average molecular weight is 438 g/mol. The van der Waals surface area contributed by atoms with Crippen molar-refractivity contribution >= 4 is 29.7 Å². The minimum atomic E-state index is -1.28. The Hall–Kier alpha value is -3.75. The number of aromatic nitrogens is 2. The lowest BCUT2D eigenvalue weighted by molar-refractivity contribution is -0.145. The number of hydrogen-bond donors (Lipinski definition) is 0. The van der Waals surface area contributed by atoms with Crippen LogP contribution in [-0.2, 0) is 16.6 Å². The van der Waals surface area contributed by atoms with Gasteiger partial charge in [0.25, 0.3) is 5.56 Å². The molecule has 1 aromatic heterocycles. The third-order valence-corrected chi connectivity index (χ3v) is 5.45. The molecule has 32 heavy (non-hydrogen) atoms. The third kappa shape index (κ3) is 4.05. The Morgan fingerprint density at radius 3 is 2.34 bits per heavy atom. The van der Waals surface area contributed by atoms with Crippen molar-refractivity contribution in [1.29, 1.82) is 0 Å². The van der Waals surface area contributed by atoms with Gasteiger partial charge in [0.15, 0.2) is 11.6 Å². The summed E-state index contributed by atoms with van der Waals surface area (Å²) in [5, 5.41) is 0. The number of urea groups is 1. The van der Waals surface area contributed by atoms with E-state index in [0.29, 0.717) is 17.8 Å². The fourth-order valence-electron chi connectivity index (χ4n) is 3.57. The predicted octanol–water partition coefficient (Wildman–Crippen LogP) is 2.58. The van der Waals surface area contributed by atoms with E-state index in [1.165, 1.54) is 17.0 Å². The molecule has 2 aromatic rings. The second kappa shape index (κ2) is 9.59. The standard InChI is InChI=1S/C23H27N5O4/c1-5-7-14-27-21(30)18(20(29)26(13-6-2)23(27)32)15-24-19-16(3)25(4)28(22(19)31)17-11-9-8-10-12-17/h6,8-12,15,18H,2,5,7,13-14H2,1,3-4H3. The van der Waals surface area contributed by atoms with Crippen LogP contribution in [0, 0.1) is 12.8 Å². The largest absolute Gasteiger partial charge is 0.333 e. The van der Waals surface area contributed by atoms with E-state index in [1.54, 1.807) is 30.8 Å². The van der Waals surface area contributed by atoms with Crippen LogP contribution in [0.3, 0.4) is 0 Å². The van der Waals surface area contributed by atoms with Crippen molar-refractivity contribution in [3.05, 3.63) is 59.0 Å². The number of para-hydroxylation sites is 1. The highest BCUT2D eigenvalue weighted by atomic mass is 16.2. The first-order chi connectivity index (χ1) is 15.3. The van der Waals surface area contributed by atoms with Crippen molar-refractivity contribution in [2.24, 2.45) is 18.0 Å². The molecular formula is C23H27N5O4. The number of carbonyl (C=O) groups excluding carboxylic acids is 3. The van der Waals surface area contributed by atoms with Gasteiger partial charge in [-0.15, -0.1) is 6.58 Å². The maximum absolute atomic E-state index is 13.0. The second-order valence-electron chi connectivity index (χ2n) is 7.53. The summed E-state index contributed by atoms with van der Waals surface area (Å²) in [5.74, 6) is -2.59. The molecule has 1 aromatic carbocycles. The lowest BCUT2D eigenvalue weighted by Crippen LogP contribution is -2.60. The van der Waals surface area contributed by atoms with Crippen molar-refractivity contribution in [3.63, 3.8) is 0 Å². The molecule has 1 saturated heterocycles. The molecule has 0 N–H and O–H groups in total. The summed E-state index contributed by atoms with van der Waals surface area (Å²) in [5.41, 5.74) is 1.00. The van der Waals surface area contributed by atoms with Crippen molar-refractivity contribution in [1.82, 2.24) is 19.2 Å². The SMILES string of the molecule is C=CCN1C(=O)C(C=Nc2c(C)n(C)n(-c3ccccc3)c2=O)C(=O)N(CCCC)C1=O. The van der Waals surface area contributed by atoms with Crippen molar-refractivity contribution in [2.45, 2.75) is 26.7 Å². The summed E-state index contributed by atoms with van der Waals surface area (Å²) in [4.78, 5) is 57.8. The summed E-state index contributed by atoms with van der Waals surface area (Å²) in [6.07, 6.45) is 4.01. The monoisotopic (exact) mass is 437 g/mol. The lowest BCUT2D eigenvalue weighted by atomic mass is 10.0. The first kappa shape index (κ1) is 22.9. The summed E-state index contributed by atoms with van der Waals surface area (Å²) in [6.45, 7) is 7.47. The zero-order valence-electron chi connectivity index (χ0n) is 18.5. The van der Waals surface area contributed by atoms with E-state index in [1.807, 2.05) is 25.1 Å². The van der Waals surface area contributed by atoms with Crippen LogP contribution < -0.4 is 5.56 Å². The average Bonchev–Trinajstić information content (AvgIpc) is 3.00. The minimum absolute atomic E-state index is 0.0108. The van der Waals surface area contributed by atoms with Crippen molar-refractivity contribution in [2.75, 3.05) is 13.1 Å². The van der Waals surface area contributed by atoms with Crippen LogP contribution in [0.25, 0.3) is 5.69 Å². The molecule has 0 bridgehead atoms. The highest BCUT2D eigenvalue weighted by Crippen LogP contribution is 2.21. The van der Waals surface area contributed by atoms with Crippen molar-refractivity contribution in [3.8, 4) is 5.69 Å². The van der Waals surface area contributed by atoms with Crippen LogP contribution in [-0.4, -0.2) is 56.3 Å². The summed E-state index contributed by atoms with van der Waals surface area (Å²) >= 11 is 0. The van der Waals surface area contributed by atoms with Gasteiger partial charge in [-0.3, -0.25) is 33.9 Å². The minimum Gasteiger partial charge on any atom is -0.283 e. The molecule has 9 nitrogen and oxygen atoms in total. The Balaban J connectivity index is 1.99. The summed E-state index contributed by atoms with van der Waals surface area (Å²) in [7, 11) is 1.73. The molecule has 0 radical (unpaired) electrons. The zero-order valence-corrected chi connectivity index (χ0v) is 18.5. The van der Waals surface area contributed by atoms with Crippen LogP contribution in [0.4, 0.5) is 10.5 Å². The predicted molar refractivity (Wildman–Crippen MR) is 121 cm³/mol. The number of rotatable bonds is 8. The van der Waals surface area contributed by atoms with Gasteiger partial charge in [-0.05, 0) is 25.5 Å². The van der Waals surface area contributed by atoms with Gasteiger partial charge in [0.1, 0.15) is 0 Å². The van der Waals surface area contributed by atoms with Gasteiger partial charge in [0.2, 0.25) is 11.8 Å².